The molecule has 1 fully saturated rings. The number of carbonyl (C=O) groups excluding carboxylic acids is 1. The van der Waals surface area contributed by atoms with Crippen molar-refractivity contribution in [1.29, 1.82) is 0 Å². The maximum atomic E-state index is 12.8. The van der Waals surface area contributed by atoms with Crippen LogP contribution in [0.25, 0.3) is 11.5 Å². The van der Waals surface area contributed by atoms with Gasteiger partial charge in [-0.2, -0.15) is 4.31 Å². The maximum absolute atomic E-state index is 12.8. The summed E-state index contributed by atoms with van der Waals surface area (Å²) in [5, 5.41) is 10.4. The van der Waals surface area contributed by atoms with Crippen molar-refractivity contribution in [2.24, 2.45) is 5.92 Å². The lowest BCUT2D eigenvalue weighted by Crippen LogP contribution is -2.43. The third-order valence-electron chi connectivity index (χ3n) is 4.64. The third-order valence-corrected chi connectivity index (χ3v) is 8.74. The summed E-state index contributed by atoms with van der Waals surface area (Å²) < 4.78 is 34.0. The zero-order chi connectivity index (χ0) is 21.3. The number of hydrogen-bond acceptors (Lipinski definition) is 7. The van der Waals surface area contributed by atoms with E-state index >= 15 is 0 Å². The second-order valence-corrected chi connectivity index (χ2v) is 11.5. The first-order chi connectivity index (χ1) is 14.3. The number of thiophene rings is 1. The van der Waals surface area contributed by atoms with E-state index in [2.05, 4.69) is 31.4 Å². The highest BCUT2D eigenvalue weighted by atomic mass is 79.9. The predicted octanol–water partition coefficient (Wildman–Crippen LogP) is 4.25. The number of benzene rings is 1. The summed E-state index contributed by atoms with van der Waals surface area (Å²) in [6, 6.07) is 10.3. The number of nitrogens with zero attached hydrogens (tertiary/aromatic N) is 3. The number of hydrogen-bond donors (Lipinski definition) is 1. The minimum absolute atomic E-state index is 0.0251. The van der Waals surface area contributed by atoms with E-state index < -0.39 is 15.9 Å². The molecular weight excluding hydrogens is 516 g/mol. The third kappa shape index (κ3) is 4.59. The second-order valence-electron chi connectivity index (χ2n) is 6.67. The number of piperidine rings is 1. The van der Waals surface area contributed by atoms with Gasteiger partial charge in [-0.25, -0.2) is 8.42 Å². The summed E-state index contributed by atoms with van der Waals surface area (Å²) in [5.41, 5.74) is 0.718. The maximum Gasteiger partial charge on any atom is 0.322 e. The van der Waals surface area contributed by atoms with Crippen LogP contribution in [0.15, 0.2) is 49.5 Å². The summed E-state index contributed by atoms with van der Waals surface area (Å²) >= 11 is 10.2. The van der Waals surface area contributed by atoms with Gasteiger partial charge in [-0.05, 0) is 49.2 Å². The van der Waals surface area contributed by atoms with E-state index in [1.165, 1.54) is 10.4 Å². The number of halogens is 2. The van der Waals surface area contributed by atoms with E-state index in [-0.39, 0.29) is 28.6 Å². The molecule has 1 aliphatic rings. The van der Waals surface area contributed by atoms with E-state index in [4.69, 9.17) is 16.0 Å². The Morgan fingerprint density at radius 2 is 2.00 bits per heavy atom. The van der Waals surface area contributed by atoms with Crippen LogP contribution >= 0.6 is 38.9 Å². The molecule has 1 unspecified atom stereocenters. The molecule has 30 heavy (non-hydrogen) atoms. The monoisotopic (exact) mass is 530 g/mol. The smallest absolute Gasteiger partial charge is 0.322 e. The zero-order valence-electron chi connectivity index (χ0n) is 15.4. The number of nitrogens with one attached hydrogen (secondary N) is 1. The van der Waals surface area contributed by atoms with Crippen LogP contribution in [0.2, 0.25) is 4.34 Å². The van der Waals surface area contributed by atoms with Gasteiger partial charge in [0.05, 0.1) is 10.3 Å². The van der Waals surface area contributed by atoms with Crippen molar-refractivity contribution in [3.63, 3.8) is 0 Å². The molecular formula is C18H16BrClN4O4S2. The summed E-state index contributed by atoms with van der Waals surface area (Å²) in [7, 11) is -3.68. The van der Waals surface area contributed by atoms with Crippen molar-refractivity contribution in [3.8, 4) is 11.5 Å². The van der Waals surface area contributed by atoms with Crippen LogP contribution < -0.4 is 5.32 Å². The molecule has 3 aromatic rings. The first kappa shape index (κ1) is 21.4. The molecule has 0 spiro atoms. The van der Waals surface area contributed by atoms with Crippen LogP contribution in [-0.2, 0) is 14.8 Å². The molecule has 1 aromatic carbocycles. The quantitative estimate of drug-likeness (QED) is 0.528. The number of carbonyl (C=O) groups is 1. The Hall–Kier alpha value is -1.79. The summed E-state index contributed by atoms with van der Waals surface area (Å²) in [6.45, 7) is 0.438. The number of amides is 1. The van der Waals surface area contributed by atoms with Gasteiger partial charge in [-0.1, -0.05) is 32.6 Å². The standard InChI is InChI=1S/C18H16BrClN4O4S2/c19-13-5-3-11(4-6-13)17-22-23-18(28-17)21-16(25)12-2-1-9-24(10-12)30(26,27)15-8-7-14(20)29-15/h3-8,12H,1-2,9-10H2,(H,21,23,25). The van der Waals surface area contributed by atoms with Crippen molar-refractivity contribution >= 4 is 60.8 Å². The Morgan fingerprint density at radius 3 is 2.70 bits per heavy atom. The van der Waals surface area contributed by atoms with Crippen molar-refractivity contribution < 1.29 is 17.6 Å². The fourth-order valence-corrected chi connectivity index (χ4v) is 6.55. The lowest BCUT2D eigenvalue weighted by atomic mass is 9.99. The van der Waals surface area contributed by atoms with Crippen molar-refractivity contribution in [2.75, 3.05) is 18.4 Å². The fraction of sp³-hybridized carbons (Fsp3) is 0.278. The average Bonchev–Trinajstić information content (AvgIpc) is 3.38. The van der Waals surface area contributed by atoms with Gasteiger partial charge >= 0.3 is 6.01 Å². The number of aromatic nitrogens is 2. The van der Waals surface area contributed by atoms with Crippen molar-refractivity contribution in [2.45, 2.75) is 17.1 Å². The SMILES string of the molecule is O=C(Nc1nnc(-c2ccc(Br)cc2)o1)C1CCCN(S(=O)(=O)c2ccc(Cl)s2)C1. The molecule has 4 rings (SSSR count). The number of sulfonamides is 1. The lowest BCUT2D eigenvalue weighted by molar-refractivity contribution is -0.121. The molecule has 0 aliphatic carbocycles. The largest absolute Gasteiger partial charge is 0.403 e. The molecule has 1 amide bonds. The van der Waals surface area contributed by atoms with Crippen LogP contribution in [0, 0.1) is 5.92 Å². The van der Waals surface area contributed by atoms with E-state index in [0.717, 1.165) is 21.4 Å². The van der Waals surface area contributed by atoms with Crippen molar-refractivity contribution in [3.05, 3.63) is 45.2 Å². The van der Waals surface area contributed by atoms with Gasteiger partial charge in [0.1, 0.15) is 4.21 Å². The summed E-state index contributed by atoms with van der Waals surface area (Å²) in [5.74, 6) is -0.600. The van der Waals surface area contributed by atoms with E-state index in [9.17, 15) is 13.2 Å². The normalized spacial score (nSPS) is 17.7. The van der Waals surface area contributed by atoms with E-state index in [1.54, 1.807) is 6.07 Å². The minimum atomic E-state index is -3.68. The Kier molecular flexibility index (Phi) is 6.26. The van der Waals surface area contributed by atoms with Crippen LogP contribution in [0.4, 0.5) is 6.01 Å². The first-order valence-electron chi connectivity index (χ1n) is 8.99. The summed E-state index contributed by atoms with van der Waals surface area (Å²) in [4.78, 5) is 12.7. The molecule has 1 saturated heterocycles. The van der Waals surface area contributed by atoms with E-state index in [0.29, 0.717) is 23.7 Å². The molecule has 0 radical (unpaired) electrons. The lowest BCUT2D eigenvalue weighted by Gasteiger charge is -2.30. The Bertz CT molecular complexity index is 1160. The van der Waals surface area contributed by atoms with Gasteiger partial charge in [0.2, 0.25) is 11.8 Å². The second kappa shape index (κ2) is 8.75. The first-order valence-corrected chi connectivity index (χ1v) is 12.4. The van der Waals surface area contributed by atoms with Gasteiger partial charge in [0.15, 0.2) is 0 Å². The number of rotatable bonds is 5. The molecule has 1 N–H and O–H groups in total. The highest BCUT2D eigenvalue weighted by molar-refractivity contribution is 9.10. The molecule has 8 nitrogen and oxygen atoms in total. The zero-order valence-corrected chi connectivity index (χ0v) is 19.4. The van der Waals surface area contributed by atoms with Gasteiger partial charge in [0, 0.05) is 23.1 Å². The molecule has 1 atom stereocenters. The molecule has 158 valence electrons. The van der Waals surface area contributed by atoms with Gasteiger partial charge in [0.25, 0.3) is 10.0 Å². The van der Waals surface area contributed by atoms with Crippen molar-refractivity contribution in [1.82, 2.24) is 14.5 Å². The Labute approximate surface area is 190 Å². The van der Waals surface area contributed by atoms with E-state index in [1.807, 2.05) is 24.3 Å². The van der Waals surface area contributed by atoms with Crippen LogP contribution in [-0.4, -0.2) is 41.9 Å². The van der Waals surface area contributed by atoms with Gasteiger partial charge in [-0.3, -0.25) is 10.1 Å². The van der Waals surface area contributed by atoms with Gasteiger partial charge in [-0.15, -0.1) is 16.4 Å². The average molecular weight is 532 g/mol. The molecule has 12 heteroatoms. The molecule has 2 aromatic heterocycles. The molecule has 1 aliphatic heterocycles. The highest BCUT2D eigenvalue weighted by Gasteiger charge is 2.34. The fourth-order valence-electron chi connectivity index (χ4n) is 3.13. The Balaban J connectivity index is 1.43. The Morgan fingerprint density at radius 1 is 1.23 bits per heavy atom. The molecule has 0 bridgehead atoms. The van der Waals surface area contributed by atoms with Crippen LogP contribution in [0.1, 0.15) is 12.8 Å². The van der Waals surface area contributed by atoms with Crippen LogP contribution in [0.5, 0.6) is 0 Å². The van der Waals surface area contributed by atoms with Gasteiger partial charge < -0.3 is 4.42 Å². The van der Waals surface area contributed by atoms with Crippen LogP contribution in [0.3, 0.4) is 0 Å². The topological polar surface area (TPSA) is 105 Å². The number of anilines is 1. The summed E-state index contributed by atoms with van der Waals surface area (Å²) in [6.07, 6.45) is 1.14. The molecule has 3 heterocycles. The predicted molar refractivity (Wildman–Crippen MR) is 117 cm³/mol. The molecule has 0 saturated carbocycles. The highest BCUT2D eigenvalue weighted by Crippen LogP contribution is 2.31. The minimum Gasteiger partial charge on any atom is -0.403 e.